The number of para-hydroxylation sites is 3. The van der Waals surface area contributed by atoms with Crippen molar-refractivity contribution in [3.05, 3.63) is 126 Å². The quantitative estimate of drug-likeness (QED) is 0.137. The maximum absolute atomic E-state index is 14.4. The van der Waals surface area contributed by atoms with Crippen LogP contribution in [0.3, 0.4) is 0 Å². The number of nitrogens with one attached hydrogen (secondary N) is 3. The second-order valence-electron chi connectivity index (χ2n) is 12.2. The smallest absolute Gasteiger partial charge is 0.325 e. The number of nitrogens with zero attached hydrogens (tertiary/aromatic N) is 1. The fourth-order valence-corrected chi connectivity index (χ4v) is 7.25. The largest absolute Gasteiger partial charge is 0.493 e. The van der Waals surface area contributed by atoms with Crippen molar-refractivity contribution >= 4 is 34.4 Å². The van der Waals surface area contributed by atoms with Crippen LogP contribution in [0, 0.1) is 11.8 Å². The molecule has 1 aromatic heterocycles. The van der Waals surface area contributed by atoms with Crippen molar-refractivity contribution in [1.82, 2.24) is 15.2 Å². The first kappa shape index (κ1) is 31.0. The summed E-state index contributed by atoms with van der Waals surface area (Å²) in [6.07, 6.45) is 1.76. The first-order chi connectivity index (χ1) is 23.4. The number of aromatic nitrogens is 1. The Kier molecular flexibility index (Phi) is 8.33. The molecule has 10 heteroatoms. The van der Waals surface area contributed by atoms with Crippen LogP contribution < -0.4 is 20.1 Å². The first-order valence-corrected chi connectivity index (χ1v) is 15.9. The Morgan fingerprint density at radius 2 is 1.65 bits per heavy atom. The summed E-state index contributed by atoms with van der Waals surface area (Å²) < 4.78 is 12.1. The highest BCUT2D eigenvalue weighted by Crippen LogP contribution is 2.53. The van der Waals surface area contributed by atoms with Crippen LogP contribution in [-0.4, -0.2) is 58.5 Å². The highest BCUT2D eigenvalue weighted by Gasteiger charge is 2.68. The number of carbonyl (C=O) groups is 3. The van der Waals surface area contributed by atoms with Gasteiger partial charge in [-0.15, -0.1) is 0 Å². The van der Waals surface area contributed by atoms with E-state index in [1.165, 1.54) is 12.0 Å². The molecular weight excluding hydrogens is 608 g/mol. The summed E-state index contributed by atoms with van der Waals surface area (Å²) >= 11 is 0. The molecule has 0 bridgehead atoms. The van der Waals surface area contributed by atoms with Crippen LogP contribution in [0.25, 0.3) is 10.9 Å². The van der Waals surface area contributed by atoms with Crippen LogP contribution in [0.1, 0.15) is 22.7 Å². The number of methoxy groups -OCH3 is 1. The zero-order valence-electron chi connectivity index (χ0n) is 26.4. The van der Waals surface area contributed by atoms with E-state index in [9.17, 15) is 19.5 Å². The van der Waals surface area contributed by atoms with Crippen LogP contribution in [0.4, 0.5) is 5.69 Å². The molecule has 0 spiro atoms. The number of hydrogen-bond acceptors (Lipinski definition) is 7. The number of carboxylic acid groups (broad SMARTS) is 1. The highest BCUT2D eigenvalue weighted by molar-refractivity contribution is 6.09. The van der Waals surface area contributed by atoms with Gasteiger partial charge in [0.05, 0.1) is 18.9 Å². The number of fused-ring (bicyclic) bond motifs is 2. The Labute approximate surface area is 277 Å². The molecular formula is C38H36N4O6. The van der Waals surface area contributed by atoms with Gasteiger partial charge in [0.2, 0.25) is 11.8 Å². The number of amides is 2. The molecule has 4 aromatic carbocycles. The number of aliphatic carboxylic acids is 1. The van der Waals surface area contributed by atoms with Gasteiger partial charge in [-0.3, -0.25) is 24.6 Å². The molecule has 0 saturated carbocycles. The van der Waals surface area contributed by atoms with Crippen molar-refractivity contribution in [2.45, 2.75) is 24.6 Å². The number of carbonyl (C=O) groups excluding carboxylic acids is 2. The Bertz CT molecular complexity index is 1960. The van der Waals surface area contributed by atoms with Crippen molar-refractivity contribution in [1.29, 1.82) is 0 Å². The van der Waals surface area contributed by atoms with E-state index in [2.05, 4.69) is 15.6 Å². The van der Waals surface area contributed by atoms with Crippen LogP contribution in [0.5, 0.6) is 11.5 Å². The number of benzene rings is 4. The third-order valence-corrected chi connectivity index (χ3v) is 9.50. The van der Waals surface area contributed by atoms with E-state index in [1.807, 2.05) is 84.9 Å². The van der Waals surface area contributed by atoms with Gasteiger partial charge in [-0.05, 0) is 35.4 Å². The second-order valence-corrected chi connectivity index (χ2v) is 12.2. The van der Waals surface area contributed by atoms with Gasteiger partial charge in [-0.1, -0.05) is 78.9 Å². The van der Waals surface area contributed by atoms with Crippen molar-refractivity contribution in [3.63, 3.8) is 0 Å². The van der Waals surface area contributed by atoms with E-state index in [1.54, 1.807) is 24.4 Å². The third kappa shape index (κ3) is 5.43. The SMILES string of the molecule is COc1cccc(C2NC(Cc3c[nH]c4ccccc34)(C(=O)O)C3C(=O)N(CCNc4ccccc4)C(=O)C23)c1OCc1ccccc1. The molecule has 2 aliphatic rings. The Morgan fingerprint density at radius 1 is 0.917 bits per heavy atom. The van der Waals surface area contributed by atoms with Gasteiger partial charge in [0.1, 0.15) is 12.1 Å². The van der Waals surface area contributed by atoms with E-state index in [0.29, 0.717) is 23.6 Å². The van der Waals surface area contributed by atoms with E-state index in [4.69, 9.17) is 9.47 Å². The molecule has 2 amide bonds. The lowest BCUT2D eigenvalue weighted by Gasteiger charge is -2.31. The maximum Gasteiger partial charge on any atom is 0.325 e. The Morgan fingerprint density at radius 3 is 2.40 bits per heavy atom. The summed E-state index contributed by atoms with van der Waals surface area (Å²) in [5, 5.41) is 18.5. The van der Waals surface area contributed by atoms with Gasteiger partial charge in [0.15, 0.2) is 11.5 Å². The molecule has 4 N–H and O–H groups in total. The Hall–Kier alpha value is -5.61. The zero-order chi connectivity index (χ0) is 33.3. The molecule has 2 fully saturated rings. The maximum atomic E-state index is 14.4. The molecule has 2 saturated heterocycles. The molecule has 0 radical (unpaired) electrons. The fourth-order valence-electron chi connectivity index (χ4n) is 7.25. The van der Waals surface area contributed by atoms with Gasteiger partial charge in [-0.25, -0.2) is 0 Å². The standard InChI is InChI=1S/C38H36N4O6/c1-47-30-18-10-16-28(34(30)48-23-24-11-4-2-5-12-24)33-31-32(36(44)42(35(31)43)20-19-39-26-13-6-3-7-14-26)38(41-33,37(45)46)21-25-22-40-29-17-9-8-15-27(25)29/h2-18,22,31-33,39-41H,19-21,23H2,1H3,(H,45,46). The first-order valence-electron chi connectivity index (χ1n) is 15.9. The molecule has 244 valence electrons. The van der Waals surface area contributed by atoms with Crippen LogP contribution in [-0.2, 0) is 27.4 Å². The van der Waals surface area contributed by atoms with Crippen molar-refractivity contribution in [3.8, 4) is 11.5 Å². The molecule has 4 atom stereocenters. The number of aromatic amines is 1. The summed E-state index contributed by atoms with van der Waals surface area (Å²) in [6.45, 7) is 0.620. The van der Waals surface area contributed by atoms with Gasteiger partial charge in [-0.2, -0.15) is 0 Å². The lowest BCUT2D eigenvalue weighted by molar-refractivity contribution is -0.151. The predicted molar refractivity (Wildman–Crippen MR) is 181 cm³/mol. The molecule has 0 aliphatic carbocycles. The highest BCUT2D eigenvalue weighted by atomic mass is 16.5. The number of anilines is 1. The lowest BCUT2D eigenvalue weighted by Crippen LogP contribution is -2.57. The van der Waals surface area contributed by atoms with Crippen LogP contribution in [0.2, 0.25) is 0 Å². The van der Waals surface area contributed by atoms with Crippen LogP contribution >= 0.6 is 0 Å². The number of imide groups is 1. The fraction of sp³-hybridized carbons (Fsp3) is 0.237. The van der Waals surface area contributed by atoms with Crippen molar-refractivity contribution < 1.29 is 29.0 Å². The molecule has 5 aromatic rings. The summed E-state index contributed by atoms with van der Waals surface area (Å²) in [5.74, 6) is -3.48. The number of likely N-dealkylation sites (tertiary alicyclic amines) is 1. The van der Waals surface area contributed by atoms with E-state index < -0.39 is 41.2 Å². The summed E-state index contributed by atoms with van der Waals surface area (Å²) in [6, 6.07) is 31.2. The summed E-state index contributed by atoms with van der Waals surface area (Å²) in [4.78, 5) is 46.7. The number of H-pyrrole nitrogens is 1. The molecule has 10 nitrogen and oxygen atoms in total. The van der Waals surface area contributed by atoms with Gasteiger partial charge < -0.3 is 24.9 Å². The predicted octanol–water partition coefficient (Wildman–Crippen LogP) is 5.18. The van der Waals surface area contributed by atoms with Crippen molar-refractivity contribution in [2.75, 3.05) is 25.5 Å². The lowest BCUT2D eigenvalue weighted by atomic mass is 9.76. The number of rotatable bonds is 12. The minimum Gasteiger partial charge on any atom is -0.493 e. The molecule has 3 heterocycles. The zero-order valence-corrected chi connectivity index (χ0v) is 26.4. The molecule has 7 rings (SSSR count). The van der Waals surface area contributed by atoms with Gasteiger partial charge in [0, 0.05) is 53.9 Å². The average molecular weight is 645 g/mol. The van der Waals surface area contributed by atoms with Gasteiger partial charge >= 0.3 is 5.97 Å². The number of hydrogen-bond donors (Lipinski definition) is 4. The number of ether oxygens (including phenoxy) is 2. The molecule has 4 unspecified atom stereocenters. The average Bonchev–Trinajstić information content (AvgIpc) is 3.76. The second kappa shape index (κ2) is 12.9. The minimum absolute atomic E-state index is 0.0245. The topological polar surface area (TPSA) is 133 Å². The summed E-state index contributed by atoms with van der Waals surface area (Å²) in [7, 11) is 1.53. The number of carboxylic acids is 1. The summed E-state index contributed by atoms with van der Waals surface area (Å²) in [5.41, 5.74) is 2.12. The van der Waals surface area contributed by atoms with Gasteiger partial charge in [0.25, 0.3) is 0 Å². The normalized spacial score (nSPS) is 21.8. The third-order valence-electron chi connectivity index (χ3n) is 9.50. The van der Waals surface area contributed by atoms with E-state index in [0.717, 1.165) is 27.7 Å². The van der Waals surface area contributed by atoms with E-state index >= 15 is 0 Å². The molecule has 2 aliphatic heterocycles. The van der Waals surface area contributed by atoms with Crippen molar-refractivity contribution in [2.24, 2.45) is 11.8 Å². The van der Waals surface area contributed by atoms with E-state index in [-0.39, 0.29) is 19.6 Å². The minimum atomic E-state index is -1.80. The Balaban J connectivity index is 1.29. The molecule has 48 heavy (non-hydrogen) atoms. The van der Waals surface area contributed by atoms with Crippen LogP contribution in [0.15, 0.2) is 109 Å². The monoisotopic (exact) mass is 644 g/mol.